The highest BCUT2D eigenvalue weighted by molar-refractivity contribution is 9.10. The van der Waals surface area contributed by atoms with Crippen LogP contribution in [0.3, 0.4) is 0 Å². The summed E-state index contributed by atoms with van der Waals surface area (Å²) < 4.78 is 0.904. The zero-order valence-electron chi connectivity index (χ0n) is 12.3. The Hall–Kier alpha value is -1.07. The van der Waals surface area contributed by atoms with Crippen LogP contribution in [0.2, 0.25) is 0 Å². The number of piperazine rings is 1. The van der Waals surface area contributed by atoms with Crippen molar-refractivity contribution < 1.29 is 4.79 Å². The van der Waals surface area contributed by atoms with Crippen LogP contribution in [0.5, 0.6) is 0 Å². The maximum atomic E-state index is 12.3. The second-order valence-electron chi connectivity index (χ2n) is 6.05. The molecule has 5 heteroatoms. The van der Waals surface area contributed by atoms with Crippen molar-refractivity contribution in [3.05, 3.63) is 28.7 Å². The van der Waals surface area contributed by atoms with Crippen LogP contribution >= 0.6 is 15.9 Å². The zero-order chi connectivity index (χ0) is 14.8. The summed E-state index contributed by atoms with van der Waals surface area (Å²) in [5.74, 6) is 0. The molecule has 1 fully saturated rings. The van der Waals surface area contributed by atoms with E-state index < -0.39 is 0 Å². The minimum Gasteiger partial charge on any atom is -0.322 e. The first-order chi connectivity index (χ1) is 9.38. The molecule has 1 N–H and O–H groups in total. The summed E-state index contributed by atoms with van der Waals surface area (Å²) in [6.07, 6.45) is 0. The number of carbonyl (C=O) groups excluding carboxylic acids is 1. The third kappa shape index (κ3) is 3.73. The van der Waals surface area contributed by atoms with Gasteiger partial charge in [0.2, 0.25) is 0 Å². The number of anilines is 1. The Balaban J connectivity index is 1.91. The minimum atomic E-state index is -0.0227. The highest BCUT2D eigenvalue weighted by atomic mass is 79.9. The van der Waals surface area contributed by atoms with Gasteiger partial charge in [0.1, 0.15) is 0 Å². The maximum absolute atomic E-state index is 12.3. The normalized spacial score (nSPS) is 17.1. The number of halogens is 1. The molecular formula is C15H22BrN3O. The molecule has 2 amide bonds. The Morgan fingerprint density at radius 3 is 2.30 bits per heavy atom. The maximum Gasteiger partial charge on any atom is 0.321 e. The molecule has 0 saturated carbocycles. The Morgan fingerprint density at radius 1 is 1.15 bits per heavy atom. The van der Waals surface area contributed by atoms with Gasteiger partial charge in [0, 0.05) is 36.2 Å². The predicted octanol–water partition coefficient (Wildman–Crippen LogP) is 3.40. The van der Waals surface area contributed by atoms with Crippen LogP contribution in [-0.4, -0.2) is 47.5 Å². The SMILES string of the molecule is CC(C)(C)N1CCN(C(=O)Nc2ccccc2Br)CC1. The number of nitrogens with one attached hydrogen (secondary N) is 1. The lowest BCUT2D eigenvalue weighted by Crippen LogP contribution is -2.55. The van der Waals surface area contributed by atoms with Gasteiger partial charge in [0.15, 0.2) is 0 Å². The number of hydrogen-bond donors (Lipinski definition) is 1. The molecule has 0 bridgehead atoms. The van der Waals surface area contributed by atoms with Crippen LogP contribution in [0.1, 0.15) is 20.8 Å². The highest BCUT2D eigenvalue weighted by Crippen LogP contribution is 2.22. The third-order valence-electron chi connectivity index (χ3n) is 3.63. The standard InChI is InChI=1S/C15H22BrN3O/c1-15(2,3)19-10-8-18(9-11-19)14(20)17-13-7-5-4-6-12(13)16/h4-7H,8-11H2,1-3H3,(H,17,20). The topological polar surface area (TPSA) is 35.6 Å². The molecule has 110 valence electrons. The number of carbonyl (C=O) groups is 1. The monoisotopic (exact) mass is 339 g/mol. The number of amides is 2. The van der Waals surface area contributed by atoms with Crippen molar-refractivity contribution in [2.75, 3.05) is 31.5 Å². The molecule has 0 aliphatic carbocycles. The summed E-state index contributed by atoms with van der Waals surface area (Å²) in [5, 5.41) is 2.96. The van der Waals surface area contributed by atoms with Crippen LogP contribution < -0.4 is 5.32 Å². The first-order valence-electron chi connectivity index (χ1n) is 6.93. The van der Waals surface area contributed by atoms with Gasteiger partial charge in [-0.25, -0.2) is 4.79 Å². The van der Waals surface area contributed by atoms with Crippen molar-refractivity contribution in [2.45, 2.75) is 26.3 Å². The third-order valence-corrected chi connectivity index (χ3v) is 4.32. The van der Waals surface area contributed by atoms with Crippen molar-refractivity contribution in [1.29, 1.82) is 0 Å². The highest BCUT2D eigenvalue weighted by Gasteiger charge is 2.27. The summed E-state index contributed by atoms with van der Waals surface area (Å²) in [6.45, 7) is 10.0. The van der Waals surface area contributed by atoms with E-state index in [-0.39, 0.29) is 11.6 Å². The van der Waals surface area contributed by atoms with Gasteiger partial charge < -0.3 is 10.2 Å². The zero-order valence-corrected chi connectivity index (χ0v) is 13.9. The van der Waals surface area contributed by atoms with Crippen LogP contribution in [0.4, 0.5) is 10.5 Å². The molecular weight excluding hydrogens is 318 g/mol. The number of para-hydroxylation sites is 1. The smallest absolute Gasteiger partial charge is 0.321 e. The van der Waals surface area contributed by atoms with Gasteiger partial charge in [-0.3, -0.25) is 4.90 Å². The molecule has 1 heterocycles. The molecule has 1 aromatic carbocycles. The van der Waals surface area contributed by atoms with E-state index in [9.17, 15) is 4.79 Å². The number of hydrogen-bond acceptors (Lipinski definition) is 2. The second kappa shape index (κ2) is 6.14. The Bertz CT molecular complexity index is 476. The van der Waals surface area contributed by atoms with E-state index in [0.29, 0.717) is 0 Å². The Kier molecular flexibility index (Phi) is 4.70. The van der Waals surface area contributed by atoms with Crippen LogP contribution in [0.25, 0.3) is 0 Å². The molecule has 0 unspecified atom stereocenters. The summed E-state index contributed by atoms with van der Waals surface area (Å²) in [4.78, 5) is 16.5. The minimum absolute atomic E-state index is 0.0227. The van der Waals surface area contributed by atoms with Crippen molar-refractivity contribution in [1.82, 2.24) is 9.80 Å². The summed E-state index contributed by atoms with van der Waals surface area (Å²) >= 11 is 3.44. The van der Waals surface area contributed by atoms with Gasteiger partial charge in [0.25, 0.3) is 0 Å². The van der Waals surface area contributed by atoms with Crippen LogP contribution in [0.15, 0.2) is 28.7 Å². The molecule has 4 nitrogen and oxygen atoms in total. The molecule has 1 aliphatic rings. The Morgan fingerprint density at radius 2 is 1.75 bits per heavy atom. The van der Waals surface area contributed by atoms with Gasteiger partial charge >= 0.3 is 6.03 Å². The largest absolute Gasteiger partial charge is 0.322 e. The fraction of sp³-hybridized carbons (Fsp3) is 0.533. The first kappa shape index (κ1) is 15.3. The van der Waals surface area contributed by atoms with Crippen LogP contribution in [-0.2, 0) is 0 Å². The summed E-state index contributed by atoms with van der Waals surface area (Å²) in [6, 6.07) is 7.64. The second-order valence-corrected chi connectivity index (χ2v) is 6.91. The fourth-order valence-corrected chi connectivity index (χ4v) is 2.72. The molecule has 1 aliphatic heterocycles. The number of urea groups is 1. The first-order valence-corrected chi connectivity index (χ1v) is 7.73. The average molecular weight is 340 g/mol. The predicted molar refractivity (Wildman–Crippen MR) is 86.1 cm³/mol. The van der Waals surface area contributed by atoms with Gasteiger partial charge in [-0.05, 0) is 48.8 Å². The molecule has 0 aromatic heterocycles. The Labute approximate surface area is 129 Å². The van der Waals surface area contributed by atoms with Gasteiger partial charge in [-0.1, -0.05) is 12.1 Å². The van der Waals surface area contributed by atoms with E-state index in [0.717, 1.165) is 36.3 Å². The quantitative estimate of drug-likeness (QED) is 0.851. The van der Waals surface area contributed by atoms with E-state index in [1.54, 1.807) is 0 Å². The van der Waals surface area contributed by atoms with E-state index >= 15 is 0 Å². The van der Waals surface area contributed by atoms with E-state index in [2.05, 4.69) is 46.9 Å². The fourth-order valence-electron chi connectivity index (χ4n) is 2.34. The van der Waals surface area contributed by atoms with Crippen molar-refractivity contribution >= 4 is 27.6 Å². The molecule has 2 rings (SSSR count). The lowest BCUT2D eigenvalue weighted by atomic mass is 10.1. The molecule has 1 aromatic rings. The van der Waals surface area contributed by atoms with E-state index in [1.165, 1.54) is 0 Å². The molecule has 20 heavy (non-hydrogen) atoms. The molecule has 0 atom stereocenters. The summed E-state index contributed by atoms with van der Waals surface area (Å²) in [7, 11) is 0. The molecule has 1 saturated heterocycles. The van der Waals surface area contributed by atoms with Gasteiger partial charge in [-0.15, -0.1) is 0 Å². The summed E-state index contributed by atoms with van der Waals surface area (Å²) in [5.41, 5.74) is 0.987. The average Bonchev–Trinajstić information content (AvgIpc) is 2.40. The number of nitrogens with zero attached hydrogens (tertiary/aromatic N) is 2. The van der Waals surface area contributed by atoms with E-state index in [4.69, 9.17) is 0 Å². The molecule has 0 spiro atoms. The van der Waals surface area contributed by atoms with Gasteiger partial charge in [-0.2, -0.15) is 0 Å². The number of rotatable bonds is 1. The van der Waals surface area contributed by atoms with Crippen LogP contribution in [0, 0.1) is 0 Å². The van der Waals surface area contributed by atoms with E-state index in [1.807, 2.05) is 29.2 Å². The molecule has 0 radical (unpaired) electrons. The van der Waals surface area contributed by atoms with Gasteiger partial charge in [0.05, 0.1) is 5.69 Å². The van der Waals surface area contributed by atoms with Crippen molar-refractivity contribution in [3.8, 4) is 0 Å². The number of benzene rings is 1. The lowest BCUT2D eigenvalue weighted by molar-refractivity contribution is 0.0774. The van der Waals surface area contributed by atoms with Crippen molar-refractivity contribution in [3.63, 3.8) is 0 Å². The van der Waals surface area contributed by atoms with Crippen molar-refractivity contribution in [2.24, 2.45) is 0 Å². The lowest BCUT2D eigenvalue weighted by Gasteiger charge is -2.42.